The van der Waals surface area contributed by atoms with Gasteiger partial charge < -0.3 is 5.32 Å². The highest BCUT2D eigenvalue weighted by Crippen LogP contribution is 2.27. The Hall–Kier alpha value is -1.39. The number of nitrogens with one attached hydrogen (secondary N) is 1. The maximum absolute atomic E-state index is 6.51. The molecule has 2 aromatic rings. The highest BCUT2D eigenvalue weighted by molar-refractivity contribution is 6.31. The van der Waals surface area contributed by atoms with Gasteiger partial charge in [0.15, 0.2) is 0 Å². The number of pyridine rings is 1. The fourth-order valence-electron chi connectivity index (χ4n) is 2.61. The van der Waals surface area contributed by atoms with Gasteiger partial charge in [0.05, 0.1) is 16.4 Å². The molecule has 0 spiro atoms. The number of hydrogen-bond donors (Lipinski definition) is 1. The molecule has 4 nitrogen and oxygen atoms in total. The van der Waals surface area contributed by atoms with E-state index in [1.807, 2.05) is 30.2 Å². The Morgan fingerprint density at radius 3 is 2.71 bits per heavy atom. The number of likely N-dealkylation sites (N-methyl/N-ethyl adjacent to an activating group) is 1. The molecular formula is C16H23ClN4. The zero-order chi connectivity index (χ0) is 15.4. The summed E-state index contributed by atoms with van der Waals surface area (Å²) in [5, 5.41) is 8.77. The van der Waals surface area contributed by atoms with Crippen LogP contribution in [0.25, 0.3) is 0 Å². The molecule has 21 heavy (non-hydrogen) atoms. The van der Waals surface area contributed by atoms with E-state index < -0.39 is 0 Å². The number of aryl methyl sites for hydroxylation is 3. The van der Waals surface area contributed by atoms with Crippen molar-refractivity contribution >= 4 is 11.6 Å². The van der Waals surface area contributed by atoms with Crippen molar-refractivity contribution in [3.8, 4) is 0 Å². The summed E-state index contributed by atoms with van der Waals surface area (Å²) in [6.45, 7) is 7.11. The Balaban J connectivity index is 2.35. The first-order valence-corrected chi connectivity index (χ1v) is 7.81. The van der Waals surface area contributed by atoms with E-state index in [1.165, 1.54) is 11.1 Å². The van der Waals surface area contributed by atoms with E-state index in [0.717, 1.165) is 35.8 Å². The summed E-state index contributed by atoms with van der Waals surface area (Å²) in [6, 6.07) is 2.22. The van der Waals surface area contributed by atoms with E-state index in [4.69, 9.17) is 11.6 Å². The Bertz CT molecular complexity index is 606. The standard InChI is InChI=1S/C16H23ClN4/c1-5-13-16(17)15(21(6-2)20-13)9-14(18-4)12-10-19-8-7-11(12)3/h7-8,10,14,18H,5-6,9H2,1-4H3. The summed E-state index contributed by atoms with van der Waals surface area (Å²) in [6.07, 6.45) is 5.42. The third-order valence-corrected chi connectivity index (χ3v) is 4.33. The molecule has 5 heteroatoms. The fraction of sp³-hybridized carbons (Fsp3) is 0.500. The Morgan fingerprint density at radius 2 is 2.14 bits per heavy atom. The maximum Gasteiger partial charge on any atom is 0.0850 e. The van der Waals surface area contributed by atoms with Crippen molar-refractivity contribution in [3.63, 3.8) is 0 Å². The topological polar surface area (TPSA) is 42.7 Å². The van der Waals surface area contributed by atoms with Crippen LogP contribution in [0.5, 0.6) is 0 Å². The lowest BCUT2D eigenvalue weighted by molar-refractivity contribution is 0.537. The largest absolute Gasteiger partial charge is 0.313 e. The van der Waals surface area contributed by atoms with Crippen molar-refractivity contribution in [2.45, 2.75) is 46.2 Å². The van der Waals surface area contributed by atoms with E-state index in [9.17, 15) is 0 Å². The fourth-order valence-corrected chi connectivity index (χ4v) is 2.96. The monoisotopic (exact) mass is 306 g/mol. The lowest BCUT2D eigenvalue weighted by Gasteiger charge is -2.19. The third kappa shape index (κ3) is 3.27. The first-order valence-electron chi connectivity index (χ1n) is 7.44. The summed E-state index contributed by atoms with van der Waals surface area (Å²) in [7, 11) is 1.97. The van der Waals surface area contributed by atoms with E-state index in [-0.39, 0.29) is 6.04 Å². The molecule has 1 N–H and O–H groups in total. The summed E-state index contributed by atoms with van der Waals surface area (Å²) >= 11 is 6.51. The normalized spacial score (nSPS) is 12.6. The molecule has 0 amide bonds. The summed E-state index contributed by atoms with van der Waals surface area (Å²) in [5.74, 6) is 0. The minimum absolute atomic E-state index is 0.183. The van der Waals surface area contributed by atoms with Crippen molar-refractivity contribution in [1.29, 1.82) is 0 Å². The molecule has 0 aliphatic heterocycles. The molecule has 0 bridgehead atoms. The van der Waals surface area contributed by atoms with E-state index in [2.05, 4.69) is 36.2 Å². The molecule has 2 aromatic heterocycles. The van der Waals surface area contributed by atoms with Gasteiger partial charge in [-0.3, -0.25) is 9.67 Å². The van der Waals surface area contributed by atoms with Crippen LogP contribution in [0.1, 0.15) is 42.4 Å². The first-order chi connectivity index (χ1) is 10.1. The molecule has 0 fully saturated rings. The summed E-state index contributed by atoms with van der Waals surface area (Å²) < 4.78 is 2.01. The van der Waals surface area contributed by atoms with Crippen LogP contribution in [0.3, 0.4) is 0 Å². The Kier molecular flexibility index (Phi) is 5.37. The van der Waals surface area contributed by atoms with Gasteiger partial charge in [0, 0.05) is 31.4 Å². The predicted molar refractivity (Wildman–Crippen MR) is 86.8 cm³/mol. The second-order valence-corrected chi connectivity index (χ2v) is 5.53. The number of halogens is 1. The lowest BCUT2D eigenvalue weighted by atomic mass is 9.99. The van der Waals surface area contributed by atoms with Crippen LogP contribution in [-0.4, -0.2) is 21.8 Å². The smallest absolute Gasteiger partial charge is 0.0850 e. The molecular weight excluding hydrogens is 284 g/mol. The van der Waals surface area contributed by atoms with Crippen LogP contribution in [0.15, 0.2) is 18.5 Å². The van der Waals surface area contributed by atoms with Gasteiger partial charge in [-0.2, -0.15) is 5.10 Å². The van der Waals surface area contributed by atoms with Crippen molar-refractivity contribution in [1.82, 2.24) is 20.1 Å². The molecule has 1 unspecified atom stereocenters. The van der Waals surface area contributed by atoms with Gasteiger partial charge in [0.2, 0.25) is 0 Å². The molecule has 114 valence electrons. The number of nitrogens with zero attached hydrogens (tertiary/aromatic N) is 3. The van der Waals surface area contributed by atoms with Crippen LogP contribution in [0, 0.1) is 6.92 Å². The van der Waals surface area contributed by atoms with Gasteiger partial charge in [-0.05, 0) is 44.5 Å². The number of hydrogen-bond acceptors (Lipinski definition) is 3. The zero-order valence-corrected chi connectivity index (χ0v) is 13.9. The molecule has 0 saturated carbocycles. The average molecular weight is 307 g/mol. The second-order valence-electron chi connectivity index (χ2n) is 5.15. The third-order valence-electron chi connectivity index (χ3n) is 3.90. The molecule has 0 aliphatic carbocycles. The molecule has 0 saturated heterocycles. The van der Waals surface area contributed by atoms with Gasteiger partial charge in [0.1, 0.15) is 0 Å². The van der Waals surface area contributed by atoms with E-state index in [0.29, 0.717) is 0 Å². The molecule has 2 rings (SSSR count). The van der Waals surface area contributed by atoms with Crippen LogP contribution in [-0.2, 0) is 19.4 Å². The van der Waals surface area contributed by atoms with Crippen molar-refractivity contribution < 1.29 is 0 Å². The van der Waals surface area contributed by atoms with Gasteiger partial charge >= 0.3 is 0 Å². The Morgan fingerprint density at radius 1 is 1.38 bits per heavy atom. The van der Waals surface area contributed by atoms with Crippen molar-refractivity contribution in [3.05, 3.63) is 46.0 Å². The average Bonchev–Trinajstić information content (AvgIpc) is 2.81. The van der Waals surface area contributed by atoms with Gasteiger partial charge in [-0.25, -0.2) is 0 Å². The van der Waals surface area contributed by atoms with Crippen molar-refractivity contribution in [2.75, 3.05) is 7.05 Å². The first kappa shape index (κ1) is 16.0. The molecule has 1 atom stereocenters. The lowest BCUT2D eigenvalue weighted by Crippen LogP contribution is -2.21. The van der Waals surface area contributed by atoms with Crippen LogP contribution >= 0.6 is 11.6 Å². The summed E-state index contributed by atoms with van der Waals surface area (Å²) in [5.41, 5.74) is 4.52. The zero-order valence-electron chi connectivity index (χ0n) is 13.2. The predicted octanol–water partition coefficient (Wildman–Crippen LogP) is 3.33. The highest BCUT2D eigenvalue weighted by atomic mass is 35.5. The highest BCUT2D eigenvalue weighted by Gasteiger charge is 2.20. The van der Waals surface area contributed by atoms with Crippen molar-refractivity contribution in [2.24, 2.45) is 0 Å². The number of aromatic nitrogens is 3. The quantitative estimate of drug-likeness (QED) is 0.890. The maximum atomic E-state index is 6.51. The van der Waals surface area contributed by atoms with E-state index in [1.54, 1.807) is 0 Å². The van der Waals surface area contributed by atoms with Crippen LogP contribution in [0.2, 0.25) is 5.02 Å². The SMILES string of the molecule is CCc1nn(CC)c(CC(NC)c2cnccc2C)c1Cl. The van der Waals surface area contributed by atoms with Crippen LogP contribution in [0.4, 0.5) is 0 Å². The molecule has 0 radical (unpaired) electrons. The second kappa shape index (κ2) is 7.05. The molecule has 2 heterocycles. The van der Waals surface area contributed by atoms with Gasteiger partial charge in [-0.15, -0.1) is 0 Å². The summed E-state index contributed by atoms with van der Waals surface area (Å²) in [4.78, 5) is 4.25. The Labute approximate surface area is 131 Å². The molecule has 0 aromatic carbocycles. The number of rotatable bonds is 6. The minimum Gasteiger partial charge on any atom is -0.313 e. The minimum atomic E-state index is 0.183. The molecule has 0 aliphatic rings. The van der Waals surface area contributed by atoms with Crippen LogP contribution < -0.4 is 5.32 Å². The van der Waals surface area contributed by atoms with E-state index >= 15 is 0 Å². The van der Waals surface area contributed by atoms with Gasteiger partial charge in [0.25, 0.3) is 0 Å². The van der Waals surface area contributed by atoms with Gasteiger partial charge in [-0.1, -0.05) is 18.5 Å².